The first-order chi connectivity index (χ1) is 44.1. The third kappa shape index (κ3) is 34.1. The molecule has 0 saturated carbocycles. The molecule has 93 heavy (non-hydrogen) atoms. The second-order valence-electron chi connectivity index (χ2n) is 22.9. The molecule has 15 N–H and O–H groups in total. The summed E-state index contributed by atoms with van der Waals surface area (Å²) in [5.41, 5.74) is -0.949. The quantitative estimate of drug-likeness (QED) is 0.0192. The summed E-state index contributed by atoms with van der Waals surface area (Å²) in [6.45, 7) is 2.42. The summed E-state index contributed by atoms with van der Waals surface area (Å²) in [6, 6.07) is -3.22. The lowest BCUT2D eigenvalue weighted by molar-refractivity contribution is -0.270. The molecule has 3 heterocycles. The molecule has 0 radical (unpaired) electrons. The van der Waals surface area contributed by atoms with Crippen LogP contribution in [0, 0.1) is 5.41 Å². The van der Waals surface area contributed by atoms with Crippen molar-refractivity contribution in [3.8, 4) is 0 Å². The topological polar surface area (TPSA) is 520 Å². The number of aliphatic hydroxyl groups is 9. The van der Waals surface area contributed by atoms with Crippen LogP contribution in [-0.2, 0) is 97.9 Å². The Morgan fingerprint density at radius 3 is 0.914 bits per heavy atom. The maximum atomic E-state index is 12.7. The third-order valence-electron chi connectivity index (χ3n) is 14.5. The second kappa shape index (κ2) is 45.6. The first kappa shape index (κ1) is 85.2. The molecule has 0 bridgehead atoms. The lowest BCUT2D eigenvalue weighted by Crippen LogP contribution is -2.64. The number of phosphoric ester groups is 3. The van der Waals surface area contributed by atoms with E-state index >= 15 is 0 Å². The van der Waals surface area contributed by atoms with Crippen LogP contribution in [0.2, 0.25) is 0 Å². The summed E-state index contributed by atoms with van der Waals surface area (Å²) in [4.78, 5) is 65.8. The normalized spacial score (nSPS) is 29.4. The summed E-state index contributed by atoms with van der Waals surface area (Å²) in [5, 5.41) is 97.8. The number of carbonyl (C=O) groups is 3. The number of phosphoric acid groups is 3. The van der Waals surface area contributed by atoms with Crippen LogP contribution in [0.1, 0.15) is 118 Å². The molecule has 39 heteroatoms. The maximum Gasteiger partial charge on any atom is 0.474 e. The smallest absolute Gasteiger partial charge is 0.394 e. The molecule has 19 atom stereocenters. The minimum absolute atomic E-state index is 0.0305. The van der Waals surface area contributed by atoms with E-state index in [0.717, 1.165) is 0 Å². The van der Waals surface area contributed by atoms with Gasteiger partial charge in [0.05, 0.1) is 72.7 Å². The highest BCUT2D eigenvalue weighted by molar-refractivity contribution is 7.47. The summed E-state index contributed by atoms with van der Waals surface area (Å²) < 4.78 is 119. The highest BCUT2D eigenvalue weighted by Crippen LogP contribution is 2.45. The van der Waals surface area contributed by atoms with Crippen molar-refractivity contribution < 1.29 is 158 Å². The molecule has 0 aromatic rings. The van der Waals surface area contributed by atoms with E-state index in [0.29, 0.717) is 77.0 Å². The maximum absolute atomic E-state index is 12.7. The van der Waals surface area contributed by atoms with Crippen molar-refractivity contribution in [3.05, 3.63) is 0 Å². The summed E-state index contributed by atoms with van der Waals surface area (Å²) in [7, 11) is -13.5. The molecule has 3 rings (SSSR count). The van der Waals surface area contributed by atoms with Crippen molar-refractivity contribution >= 4 is 41.2 Å². The number of carbonyl (C=O) groups excluding carboxylic acids is 3. The number of rotatable bonds is 52. The van der Waals surface area contributed by atoms with E-state index in [1.165, 1.54) is 20.8 Å². The van der Waals surface area contributed by atoms with Crippen molar-refractivity contribution in [2.75, 3.05) is 113 Å². The van der Waals surface area contributed by atoms with E-state index in [-0.39, 0.29) is 98.7 Å². The van der Waals surface area contributed by atoms with Crippen LogP contribution in [0.4, 0.5) is 0 Å². The van der Waals surface area contributed by atoms with E-state index in [9.17, 15) is 88.7 Å². The van der Waals surface area contributed by atoms with Gasteiger partial charge in [0.15, 0.2) is 25.7 Å². The van der Waals surface area contributed by atoms with Crippen molar-refractivity contribution in [2.24, 2.45) is 5.41 Å². The average Bonchev–Trinajstić information content (AvgIpc) is 0.840. The molecule has 0 spiro atoms. The number of unbranched alkanes of at least 4 members (excludes halogenated alkanes) is 9. The van der Waals surface area contributed by atoms with Crippen LogP contribution in [-0.4, -0.2) is 283 Å². The fourth-order valence-electron chi connectivity index (χ4n) is 9.60. The Balaban J connectivity index is 1.38. The summed E-state index contributed by atoms with van der Waals surface area (Å²) in [5.74, 6) is -1.46. The van der Waals surface area contributed by atoms with Gasteiger partial charge in [-0.25, -0.2) is 13.7 Å². The highest BCUT2D eigenvalue weighted by atomic mass is 31.2. The first-order valence-corrected chi connectivity index (χ1v) is 35.7. The molecule has 0 aromatic carbocycles. The molecule has 548 valence electrons. The van der Waals surface area contributed by atoms with Crippen molar-refractivity contribution in [3.63, 3.8) is 0 Å². The molecular weight excluding hydrogens is 1310 g/mol. The van der Waals surface area contributed by atoms with Crippen molar-refractivity contribution in [2.45, 2.75) is 210 Å². The summed E-state index contributed by atoms with van der Waals surface area (Å²) >= 11 is 0. The van der Waals surface area contributed by atoms with Gasteiger partial charge in [0.25, 0.3) is 0 Å². The molecule has 0 aromatic heterocycles. The molecule has 11 unspecified atom stereocenters. The fraction of sp³-hybridized carbons (Fsp3) is 0.944. The number of amides is 3. The van der Waals surface area contributed by atoms with E-state index in [4.69, 9.17) is 69.8 Å². The van der Waals surface area contributed by atoms with Gasteiger partial charge in [0.1, 0.15) is 73.1 Å². The Morgan fingerprint density at radius 2 is 0.634 bits per heavy atom. The zero-order chi connectivity index (χ0) is 69.0. The SMILES string of the molecule is CC(=O)NC1C(O)[C@@H](O)C(CO)O[C@H]1OCCCCCCOP(=O)(O)OCCCOCC(C)(COCCCOP(=O)(O)OCCCCCCO[C@@H]1OC(CO)[C@H](O)C(O)[C@@H]1NC(C)=O)COCOP(=O)(O)OCCCCCCO[C@@H]1OC(CO)[C@H](O)C(O)[C@@H]1NC(C)=O. The van der Waals surface area contributed by atoms with Gasteiger partial charge in [0.2, 0.25) is 17.7 Å². The van der Waals surface area contributed by atoms with Gasteiger partial charge in [-0.2, -0.15) is 0 Å². The third-order valence-corrected chi connectivity index (χ3v) is 17.5. The monoisotopic (exact) mass is 1420 g/mol. The molecule has 3 aliphatic heterocycles. The second-order valence-corrected chi connectivity index (χ2v) is 27.3. The molecule has 3 fully saturated rings. The van der Waals surface area contributed by atoms with Crippen LogP contribution < -0.4 is 16.0 Å². The number of nitrogens with one attached hydrogen (secondary N) is 3. The van der Waals surface area contributed by atoms with Crippen molar-refractivity contribution in [1.82, 2.24) is 16.0 Å². The summed E-state index contributed by atoms with van der Waals surface area (Å²) in [6.07, 6.45) is -9.05. The molecule has 3 saturated heterocycles. The molecule has 3 aliphatic rings. The van der Waals surface area contributed by atoms with Gasteiger partial charge in [-0.05, 0) is 51.4 Å². The minimum Gasteiger partial charge on any atom is -0.394 e. The van der Waals surface area contributed by atoms with Gasteiger partial charge in [-0.15, -0.1) is 0 Å². The number of ether oxygens (including phenoxy) is 9. The highest BCUT2D eigenvalue weighted by Gasteiger charge is 2.48. The first-order valence-electron chi connectivity index (χ1n) is 31.2. The van der Waals surface area contributed by atoms with Gasteiger partial charge < -0.3 is 119 Å². The van der Waals surface area contributed by atoms with Crippen LogP contribution in [0.15, 0.2) is 0 Å². The number of hydrogen-bond donors (Lipinski definition) is 15. The van der Waals surface area contributed by atoms with Gasteiger partial charge in [-0.1, -0.05) is 45.4 Å². The van der Waals surface area contributed by atoms with Crippen LogP contribution in [0.25, 0.3) is 0 Å². The lowest BCUT2D eigenvalue weighted by atomic mass is 9.94. The Hall–Kier alpha value is -1.98. The molecule has 0 aliphatic carbocycles. The predicted molar refractivity (Wildman–Crippen MR) is 319 cm³/mol. The van der Waals surface area contributed by atoms with Crippen LogP contribution in [0.5, 0.6) is 0 Å². The minimum atomic E-state index is -4.59. The molecular formula is C54H104N3O33P3. The standard InChI is InChI=1S/C54H104N3O33P3/c1-36(61)55-42-48(67)45(64)39(29-58)88-51(42)79-21-11-5-8-14-24-82-91(70,71)85-27-17-19-76-32-54(4,34-78-35-87-93(74,75)84-26-16-10-7-13-23-81-53-44(57-38(3)63)50(69)47(66)41(31-60)90-53)33-77-20-18-28-86-92(72,73)83-25-15-9-6-12-22-80-52-43(56-37(2)62)49(68)46(65)40(30-59)89-52/h39-53,58-60,64-69H,5-35H2,1-4H3,(H,55,61)(H,56,62)(H,57,63)(H,70,71)(H,72,73)(H,74,75)/t39?,40?,41?,42-,43?,44-,45-,46-,47-,48?,49?,50?,51+,52+,53+,54?/m0/s1. The Bertz CT molecular complexity index is 2130. The van der Waals surface area contributed by atoms with Gasteiger partial charge >= 0.3 is 23.5 Å². The average molecular weight is 1420 g/mol. The number of hydrogen-bond acceptors (Lipinski definition) is 30. The Morgan fingerprint density at radius 1 is 0.376 bits per heavy atom. The largest absolute Gasteiger partial charge is 0.474 e. The van der Waals surface area contributed by atoms with E-state index < -0.39 is 165 Å². The Labute approximate surface area is 541 Å². The van der Waals surface area contributed by atoms with Gasteiger partial charge in [-0.3, -0.25) is 41.5 Å². The molecule has 36 nitrogen and oxygen atoms in total. The zero-order valence-corrected chi connectivity index (χ0v) is 56.0. The van der Waals surface area contributed by atoms with Crippen LogP contribution in [0.3, 0.4) is 0 Å². The molecule has 3 amide bonds. The van der Waals surface area contributed by atoms with Crippen molar-refractivity contribution in [1.29, 1.82) is 0 Å². The van der Waals surface area contributed by atoms with Crippen LogP contribution >= 0.6 is 23.5 Å². The van der Waals surface area contributed by atoms with E-state index in [2.05, 4.69) is 16.0 Å². The zero-order valence-electron chi connectivity index (χ0n) is 53.4. The fourth-order valence-corrected chi connectivity index (χ4v) is 11.8. The van der Waals surface area contributed by atoms with Gasteiger partial charge in [0, 0.05) is 59.2 Å². The number of aliphatic hydroxyl groups excluding tert-OH is 9. The van der Waals surface area contributed by atoms with E-state index in [1.54, 1.807) is 6.92 Å². The predicted octanol–water partition coefficient (Wildman–Crippen LogP) is -1.26. The van der Waals surface area contributed by atoms with E-state index in [1.807, 2.05) is 0 Å². The lowest BCUT2D eigenvalue weighted by Gasteiger charge is -2.42. The Kier molecular flexibility index (Phi) is 41.8.